The molecule has 0 aliphatic rings. The Bertz CT molecular complexity index is 859. The maximum absolute atomic E-state index is 13.2. The summed E-state index contributed by atoms with van der Waals surface area (Å²) in [5.74, 6) is 0.338. The smallest absolute Gasteiger partial charge is 0.261 e. The molecule has 0 heterocycles. The molecule has 1 unspecified atom stereocenters. The van der Waals surface area contributed by atoms with E-state index in [9.17, 15) is 9.59 Å². The van der Waals surface area contributed by atoms with Gasteiger partial charge in [0.2, 0.25) is 5.91 Å². The van der Waals surface area contributed by atoms with E-state index in [1.807, 2.05) is 84.0 Å². The summed E-state index contributed by atoms with van der Waals surface area (Å²) in [6, 6.07) is 13.3. The van der Waals surface area contributed by atoms with Gasteiger partial charge in [-0.25, -0.2) is 0 Å². The molecule has 0 fully saturated rings. The molecule has 2 amide bonds. The lowest BCUT2D eigenvalue weighted by atomic mass is 10.1. The second kappa shape index (κ2) is 10.8. The predicted octanol–water partition coefficient (Wildman–Crippen LogP) is 4.32. The Morgan fingerprint density at radius 3 is 2.20 bits per heavy atom. The van der Waals surface area contributed by atoms with Crippen molar-refractivity contribution in [1.29, 1.82) is 0 Å². The highest BCUT2D eigenvalue weighted by molar-refractivity contribution is 5.88. The van der Waals surface area contributed by atoms with Gasteiger partial charge in [0.25, 0.3) is 5.91 Å². The number of benzene rings is 2. The molecule has 30 heavy (non-hydrogen) atoms. The number of amides is 2. The van der Waals surface area contributed by atoms with Crippen LogP contribution in [0.5, 0.6) is 5.75 Å². The SMILES string of the molecule is CCC(C(=O)NC(C)C)N(Cc1ccc(C)cc1)C(=O)COc1ccc(C)cc1C. The first-order valence-corrected chi connectivity index (χ1v) is 10.6. The number of aryl methyl sites for hydroxylation is 3. The summed E-state index contributed by atoms with van der Waals surface area (Å²) < 4.78 is 5.82. The van der Waals surface area contributed by atoms with Gasteiger partial charge >= 0.3 is 0 Å². The monoisotopic (exact) mass is 410 g/mol. The van der Waals surface area contributed by atoms with Crippen LogP contribution >= 0.6 is 0 Å². The molecule has 0 aromatic heterocycles. The first-order valence-electron chi connectivity index (χ1n) is 10.6. The molecule has 5 nitrogen and oxygen atoms in total. The number of nitrogens with one attached hydrogen (secondary N) is 1. The molecule has 0 spiro atoms. The third-order valence-electron chi connectivity index (χ3n) is 4.97. The van der Waals surface area contributed by atoms with Gasteiger partial charge in [0.1, 0.15) is 11.8 Å². The fraction of sp³-hybridized carbons (Fsp3) is 0.440. The molecule has 2 aromatic rings. The third-order valence-corrected chi connectivity index (χ3v) is 4.97. The summed E-state index contributed by atoms with van der Waals surface area (Å²) in [4.78, 5) is 27.6. The lowest BCUT2D eigenvalue weighted by molar-refractivity contribution is -0.143. The Morgan fingerprint density at radius 1 is 1.00 bits per heavy atom. The number of carbonyl (C=O) groups is 2. The first-order chi connectivity index (χ1) is 14.2. The van der Waals surface area contributed by atoms with E-state index in [-0.39, 0.29) is 24.5 Å². The van der Waals surface area contributed by atoms with Crippen molar-refractivity contribution in [2.45, 2.75) is 66.6 Å². The van der Waals surface area contributed by atoms with Crippen molar-refractivity contribution in [3.8, 4) is 5.75 Å². The summed E-state index contributed by atoms with van der Waals surface area (Å²) in [5, 5.41) is 2.94. The molecular formula is C25H34N2O3. The molecule has 1 atom stereocenters. The van der Waals surface area contributed by atoms with Crippen molar-refractivity contribution in [3.63, 3.8) is 0 Å². The van der Waals surface area contributed by atoms with Crippen LogP contribution in [0.3, 0.4) is 0 Å². The van der Waals surface area contributed by atoms with Gasteiger partial charge in [-0.05, 0) is 58.2 Å². The van der Waals surface area contributed by atoms with Gasteiger partial charge in [0.05, 0.1) is 0 Å². The zero-order valence-corrected chi connectivity index (χ0v) is 19.0. The normalized spacial score (nSPS) is 11.8. The zero-order chi connectivity index (χ0) is 22.3. The van der Waals surface area contributed by atoms with Gasteiger partial charge in [-0.3, -0.25) is 9.59 Å². The second-order valence-electron chi connectivity index (χ2n) is 8.15. The lowest BCUT2D eigenvalue weighted by Gasteiger charge is -2.31. The molecular weight excluding hydrogens is 376 g/mol. The fourth-order valence-electron chi connectivity index (χ4n) is 3.37. The Labute approximate surface area is 180 Å². The summed E-state index contributed by atoms with van der Waals surface area (Å²) in [6.07, 6.45) is 0.527. The maximum atomic E-state index is 13.2. The molecule has 2 aromatic carbocycles. The molecule has 0 aliphatic carbocycles. The predicted molar refractivity (Wildman–Crippen MR) is 120 cm³/mol. The van der Waals surface area contributed by atoms with Crippen molar-refractivity contribution in [1.82, 2.24) is 10.2 Å². The Morgan fingerprint density at radius 2 is 1.63 bits per heavy atom. The van der Waals surface area contributed by atoms with Crippen LogP contribution in [-0.2, 0) is 16.1 Å². The molecule has 0 saturated carbocycles. The van der Waals surface area contributed by atoms with Gasteiger partial charge in [0, 0.05) is 12.6 Å². The Hall–Kier alpha value is -2.82. The third kappa shape index (κ3) is 6.61. The van der Waals surface area contributed by atoms with E-state index in [4.69, 9.17) is 4.74 Å². The Kier molecular flexibility index (Phi) is 8.46. The molecule has 2 rings (SSSR count). The van der Waals surface area contributed by atoms with E-state index >= 15 is 0 Å². The summed E-state index contributed by atoms with van der Waals surface area (Å²) in [6.45, 7) is 12.0. The van der Waals surface area contributed by atoms with Crippen LogP contribution in [0, 0.1) is 20.8 Å². The quantitative estimate of drug-likeness (QED) is 0.670. The van der Waals surface area contributed by atoms with Crippen molar-refractivity contribution in [3.05, 3.63) is 64.7 Å². The van der Waals surface area contributed by atoms with Crippen molar-refractivity contribution in [2.75, 3.05) is 6.61 Å². The average Bonchev–Trinajstić information content (AvgIpc) is 2.68. The highest BCUT2D eigenvalue weighted by Gasteiger charge is 2.29. The van der Waals surface area contributed by atoms with Crippen LogP contribution in [0.15, 0.2) is 42.5 Å². The van der Waals surface area contributed by atoms with Gasteiger partial charge in [-0.1, -0.05) is 54.4 Å². The van der Waals surface area contributed by atoms with Crippen LogP contribution < -0.4 is 10.1 Å². The van der Waals surface area contributed by atoms with E-state index in [0.29, 0.717) is 18.7 Å². The van der Waals surface area contributed by atoms with Crippen LogP contribution in [0.1, 0.15) is 49.4 Å². The largest absolute Gasteiger partial charge is 0.483 e. The molecule has 0 bridgehead atoms. The molecule has 1 N–H and O–H groups in total. The molecule has 0 saturated heterocycles. The van der Waals surface area contributed by atoms with E-state index in [1.165, 1.54) is 0 Å². The first kappa shape index (κ1) is 23.5. The zero-order valence-electron chi connectivity index (χ0n) is 19.0. The van der Waals surface area contributed by atoms with Crippen LogP contribution in [0.4, 0.5) is 0 Å². The van der Waals surface area contributed by atoms with E-state index in [2.05, 4.69) is 5.32 Å². The molecule has 0 radical (unpaired) electrons. The number of carbonyl (C=O) groups excluding carboxylic acids is 2. The fourth-order valence-corrected chi connectivity index (χ4v) is 3.37. The minimum absolute atomic E-state index is 0.00864. The standard InChI is InChI=1S/C25H34N2O3/c1-7-22(25(29)26-17(2)3)27(15-21-11-8-18(4)9-12-21)24(28)16-30-23-13-10-19(5)14-20(23)6/h8-14,17,22H,7,15-16H2,1-6H3,(H,26,29). The van der Waals surface area contributed by atoms with Gasteiger partial charge in [-0.15, -0.1) is 0 Å². The van der Waals surface area contributed by atoms with Crippen molar-refractivity contribution >= 4 is 11.8 Å². The average molecular weight is 411 g/mol. The summed E-state index contributed by atoms with van der Waals surface area (Å²) in [5.41, 5.74) is 4.26. The number of ether oxygens (including phenoxy) is 1. The lowest BCUT2D eigenvalue weighted by Crippen LogP contribution is -2.51. The molecule has 5 heteroatoms. The van der Waals surface area contributed by atoms with Crippen LogP contribution in [0.2, 0.25) is 0 Å². The molecule has 162 valence electrons. The second-order valence-corrected chi connectivity index (χ2v) is 8.15. The minimum atomic E-state index is -0.552. The highest BCUT2D eigenvalue weighted by Crippen LogP contribution is 2.20. The van der Waals surface area contributed by atoms with Gasteiger partial charge in [0.15, 0.2) is 6.61 Å². The minimum Gasteiger partial charge on any atom is -0.483 e. The van der Waals surface area contributed by atoms with Crippen molar-refractivity contribution in [2.24, 2.45) is 0 Å². The number of rotatable bonds is 9. The van der Waals surface area contributed by atoms with Crippen LogP contribution in [-0.4, -0.2) is 35.4 Å². The summed E-state index contributed by atoms with van der Waals surface area (Å²) >= 11 is 0. The highest BCUT2D eigenvalue weighted by atomic mass is 16.5. The van der Waals surface area contributed by atoms with E-state index < -0.39 is 6.04 Å². The van der Waals surface area contributed by atoms with Crippen LogP contribution in [0.25, 0.3) is 0 Å². The number of hydrogen-bond donors (Lipinski definition) is 1. The molecule has 0 aliphatic heterocycles. The van der Waals surface area contributed by atoms with Gasteiger partial charge < -0.3 is 15.0 Å². The van der Waals surface area contributed by atoms with E-state index in [1.54, 1.807) is 4.90 Å². The van der Waals surface area contributed by atoms with Gasteiger partial charge in [-0.2, -0.15) is 0 Å². The summed E-state index contributed by atoms with van der Waals surface area (Å²) in [7, 11) is 0. The van der Waals surface area contributed by atoms with Crippen molar-refractivity contribution < 1.29 is 14.3 Å². The topological polar surface area (TPSA) is 58.6 Å². The van der Waals surface area contributed by atoms with E-state index in [0.717, 1.165) is 22.3 Å². The Balaban J connectivity index is 2.22. The maximum Gasteiger partial charge on any atom is 0.261 e. The number of hydrogen-bond acceptors (Lipinski definition) is 3. The number of nitrogens with zero attached hydrogens (tertiary/aromatic N) is 1.